The van der Waals surface area contributed by atoms with E-state index in [0.29, 0.717) is 32.1 Å². The molecular formula is C16H19F2N3O5S. The Balaban J connectivity index is 1.79. The van der Waals surface area contributed by atoms with Gasteiger partial charge in [0.1, 0.15) is 23.1 Å². The lowest BCUT2D eigenvalue weighted by Gasteiger charge is -2.21. The summed E-state index contributed by atoms with van der Waals surface area (Å²) in [4.78, 5) is 3.46. The van der Waals surface area contributed by atoms with E-state index in [1.54, 1.807) is 7.11 Å². The highest BCUT2D eigenvalue weighted by molar-refractivity contribution is 7.89. The molecule has 148 valence electrons. The van der Waals surface area contributed by atoms with Crippen molar-refractivity contribution in [1.29, 1.82) is 0 Å². The van der Waals surface area contributed by atoms with E-state index < -0.39 is 32.6 Å². The van der Waals surface area contributed by atoms with Crippen molar-refractivity contribution in [3.63, 3.8) is 0 Å². The van der Waals surface area contributed by atoms with Crippen molar-refractivity contribution in [1.82, 2.24) is 14.4 Å². The van der Waals surface area contributed by atoms with Gasteiger partial charge in [-0.3, -0.25) is 0 Å². The maximum Gasteiger partial charge on any atom is 0.252 e. The third-order valence-corrected chi connectivity index (χ3v) is 6.05. The molecule has 0 aliphatic carbocycles. The number of rotatable bonds is 8. The summed E-state index contributed by atoms with van der Waals surface area (Å²) in [5.41, 5.74) is 0. The van der Waals surface area contributed by atoms with Gasteiger partial charge < -0.3 is 14.0 Å². The summed E-state index contributed by atoms with van der Waals surface area (Å²) < 4.78 is 69.4. The number of hydrogen-bond donors (Lipinski definition) is 0. The number of aromatic nitrogens is 2. The Bertz CT molecular complexity index is 890. The normalized spacial score (nSPS) is 18.3. The fourth-order valence-electron chi connectivity index (χ4n) is 2.85. The molecule has 1 atom stereocenters. The lowest BCUT2D eigenvalue weighted by atomic mass is 10.2. The number of nitrogens with zero attached hydrogens (tertiary/aromatic N) is 3. The fraction of sp³-hybridized carbons (Fsp3) is 0.500. The molecule has 0 unspecified atom stereocenters. The molecule has 0 N–H and O–H groups in total. The SMILES string of the molecule is COCCOCc1nc([C@@H]2CCCN2S(=O)(=O)c2cc(F)ccc2F)no1. The molecule has 0 saturated carbocycles. The van der Waals surface area contributed by atoms with Gasteiger partial charge in [0.25, 0.3) is 5.89 Å². The van der Waals surface area contributed by atoms with Crippen molar-refractivity contribution in [3.05, 3.63) is 41.5 Å². The van der Waals surface area contributed by atoms with Crippen LogP contribution < -0.4 is 0 Å². The molecule has 1 fully saturated rings. The molecule has 2 aromatic rings. The third-order valence-electron chi connectivity index (χ3n) is 4.12. The molecule has 1 aromatic carbocycles. The van der Waals surface area contributed by atoms with Crippen LogP contribution in [0.15, 0.2) is 27.6 Å². The topological polar surface area (TPSA) is 94.8 Å². The minimum absolute atomic E-state index is 0.0638. The first-order chi connectivity index (χ1) is 12.9. The molecule has 11 heteroatoms. The molecule has 0 radical (unpaired) electrons. The van der Waals surface area contributed by atoms with Crippen LogP contribution in [-0.4, -0.2) is 49.7 Å². The molecular weight excluding hydrogens is 384 g/mol. The molecule has 3 rings (SSSR count). The quantitative estimate of drug-likeness (QED) is 0.623. The molecule has 27 heavy (non-hydrogen) atoms. The van der Waals surface area contributed by atoms with Crippen molar-refractivity contribution in [2.75, 3.05) is 26.9 Å². The average Bonchev–Trinajstić information content (AvgIpc) is 3.30. The monoisotopic (exact) mass is 403 g/mol. The second kappa shape index (κ2) is 8.38. The van der Waals surface area contributed by atoms with E-state index in [9.17, 15) is 17.2 Å². The van der Waals surface area contributed by atoms with Gasteiger partial charge in [0.05, 0.1) is 19.3 Å². The van der Waals surface area contributed by atoms with Gasteiger partial charge >= 0.3 is 0 Å². The summed E-state index contributed by atoms with van der Waals surface area (Å²) >= 11 is 0. The van der Waals surface area contributed by atoms with Crippen molar-refractivity contribution in [2.45, 2.75) is 30.4 Å². The number of benzene rings is 1. The summed E-state index contributed by atoms with van der Waals surface area (Å²) in [5.74, 6) is -1.48. The Hall–Kier alpha value is -1.95. The minimum atomic E-state index is -4.26. The standard InChI is InChI=1S/C16H19F2N3O5S/c1-24-7-8-25-10-15-19-16(20-26-15)13-3-2-6-21(13)27(22,23)14-9-11(17)4-5-12(14)18/h4-5,9,13H,2-3,6-8,10H2,1H3/t13-/m0/s1. The van der Waals surface area contributed by atoms with Crippen LogP contribution in [0.5, 0.6) is 0 Å². The first kappa shape index (κ1) is 19.8. The molecule has 1 aliphatic rings. The van der Waals surface area contributed by atoms with Crippen LogP contribution in [0.3, 0.4) is 0 Å². The fourth-order valence-corrected chi connectivity index (χ4v) is 4.58. The highest BCUT2D eigenvalue weighted by Gasteiger charge is 2.40. The highest BCUT2D eigenvalue weighted by atomic mass is 32.2. The Morgan fingerprint density at radius 1 is 1.33 bits per heavy atom. The van der Waals surface area contributed by atoms with Crippen LogP contribution in [0.4, 0.5) is 8.78 Å². The van der Waals surface area contributed by atoms with Gasteiger partial charge in [-0.05, 0) is 31.0 Å². The molecule has 8 nitrogen and oxygen atoms in total. The summed E-state index contributed by atoms with van der Waals surface area (Å²) in [6, 6.07) is 1.61. The van der Waals surface area contributed by atoms with Crippen molar-refractivity contribution in [3.8, 4) is 0 Å². The summed E-state index contributed by atoms with van der Waals surface area (Å²) in [6.45, 7) is 0.970. The Kier molecular flexibility index (Phi) is 6.15. The number of sulfonamides is 1. The van der Waals surface area contributed by atoms with Crippen LogP contribution in [-0.2, 0) is 26.1 Å². The molecule has 2 heterocycles. The van der Waals surface area contributed by atoms with Gasteiger partial charge in [0.2, 0.25) is 10.0 Å². The first-order valence-corrected chi connectivity index (χ1v) is 9.73. The summed E-state index contributed by atoms with van der Waals surface area (Å²) in [5, 5.41) is 3.82. The largest absolute Gasteiger partial charge is 0.382 e. The van der Waals surface area contributed by atoms with Gasteiger partial charge in [0.15, 0.2) is 5.82 Å². The zero-order chi connectivity index (χ0) is 19.4. The lowest BCUT2D eigenvalue weighted by Crippen LogP contribution is -2.32. The predicted octanol–water partition coefficient (Wildman–Crippen LogP) is 2.04. The van der Waals surface area contributed by atoms with Gasteiger partial charge in [-0.25, -0.2) is 17.2 Å². The molecule has 1 aromatic heterocycles. The Labute approximate surface area is 155 Å². The maximum atomic E-state index is 14.0. The first-order valence-electron chi connectivity index (χ1n) is 8.29. The molecule has 1 aliphatic heterocycles. The molecule has 0 spiro atoms. The van der Waals surface area contributed by atoms with Gasteiger partial charge in [-0.2, -0.15) is 9.29 Å². The zero-order valence-corrected chi connectivity index (χ0v) is 15.4. The third kappa shape index (κ3) is 4.32. The van der Waals surface area contributed by atoms with Crippen LogP contribution in [0.25, 0.3) is 0 Å². The summed E-state index contributed by atoms with van der Waals surface area (Å²) in [6.07, 6.45) is 0.981. The van der Waals surface area contributed by atoms with Crippen LogP contribution in [0.2, 0.25) is 0 Å². The van der Waals surface area contributed by atoms with E-state index in [2.05, 4.69) is 10.1 Å². The number of hydrogen-bond acceptors (Lipinski definition) is 7. The second-order valence-electron chi connectivity index (χ2n) is 5.94. The number of halogens is 2. The van der Waals surface area contributed by atoms with E-state index in [0.717, 1.165) is 16.4 Å². The predicted molar refractivity (Wildman–Crippen MR) is 88.1 cm³/mol. The maximum absolute atomic E-state index is 14.0. The smallest absolute Gasteiger partial charge is 0.252 e. The van der Waals surface area contributed by atoms with Crippen molar-refractivity contribution in [2.24, 2.45) is 0 Å². The van der Waals surface area contributed by atoms with E-state index in [1.165, 1.54) is 0 Å². The Morgan fingerprint density at radius 2 is 2.15 bits per heavy atom. The highest BCUT2D eigenvalue weighted by Crippen LogP contribution is 2.36. The van der Waals surface area contributed by atoms with E-state index >= 15 is 0 Å². The molecule has 1 saturated heterocycles. The van der Waals surface area contributed by atoms with Crippen LogP contribution >= 0.6 is 0 Å². The van der Waals surface area contributed by atoms with E-state index in [-0.39, 0.29) is 24.9 Å². The number of methoxy groups -OCH3 is 1. The van der Waals surface area contributed by atoms with Crippen LogP contribution in [0.1, 0.15) is 30.6 Å². The van der Waals surface area contributed by atoms with E-state index in [1.807, 2.05) is 0 Å². The van der Waals surface area contributed by atoms with Gasteiger partial charge in [-0.1, -0.05) is 5.16 Å². The number of ether oxygens (including phenoxy) is 2. The zero-order valence-electron chi connectivity index (χ0n) is 14.6. The summed E-state index contributed by atoms with van der Waals surface area (Å²) in [7, 11) is -2.71. The molecule has 0 bridgehead atoms. The van der Waals surface area contributed by atoms with Crippen LogP contribution in [0, 0.1) is 11.6 Å². The van der Waals surface area contributed by atoms with Crippen molar-refractivity contribution >= 4 is 10.0 Å². The van der Waals surface area contributed by atoms with Gasteiger partial charge in [0, 0.05) is 13.7 Å². The molecule has 0 amide bonds. The van der Waals surface area contributed by atoms with E-state index in [4.69, 9.17) is 14.0 Å². The minimum Gasteiger partial charge on any atom is -0.382 e. The lowest BCUT2D eigenvalue weighted by molar-refractivity contribution is 0.0494. The van der Waals surface area contributed by atoms with Gasteiger partial charge in [-0.15, -0.1) is 0 Å². The Morgan fingerprint density at radius 3 is 2.93 bits per heavy atom. The van der Waals surface area contributed by atoms with Crippen molar-refractivity contribution < 1.29 is 31.2 Å². The second-order valence-corrected chi connectivity index (χ2v) is 7.80. The average molecular weight is 403 g/mol.